The van der Waals surface area contributed by atoms with Crippen molar-refractivity contribution in [2.45, 2.75) is 33.2 Å². The Morgan fingerprint density at radius 1 is 0.931 bits per heavy atom. The van der Waals surface area contributed by atoms with Crippen molar-refractivity contribution >= 4 is 11.0 Å². The monoisotopic (exact) mass is 388 g/mol. The lowest BCUT2D eigenvalue weighted by Gasteiger charge is -2.12. The molecule has 0 saturated carbocycles. The third-order valence-electron chi connectivity index (χ3n) is 5.15. The highest BCUT2D eigenvalue weighted by Gasteiger charge is 2.15. The van der Waals surface area contributed by atoms with Crippen LogP contribution in [-0.2, 0) is 6.54 Å². The van der Waals surface area contributed by atoms with Gasteiger partial charge in [0.25, 0.3) is 0 Å². The Kier molecular flexibility index (Phi) is 5.61. The van der Waals surface area contributed by atoms with Gasteiger partial charge in [-0.25, -0.2) is 9.37 Å². The number of hydrogen-bond donors (Lipinski definition) is 0. The summed E-state index contributed by atoms with van der Waals surface area (Å²) < 4.78 is 22.5. The lowest BCUT2D eigenvalue weighted by molar-refractivity contribution is 0.301. The third kappa shape index (κ3) is 4.16. The van der Waals surface area contributed by atoms with Crippen LogP contribution in [0.4, 0.5) is 4.39 Å². The molecule has 0 fully saturated rings. The van der Waals surface area contributed by atoms with Crippen molar-refractivity contribution < 1.29 is 9.13 Å². The molecule has 0 aliphatic heterocycles. The molecule has 0 radical (unpaired) electrons. The molecule has 0 atom stereocenters. The molecule has 4 heteroatoms. The van der Waals surface area contributed by atoms with E-state index in [0.29, 0.717) is 18.0 Å². The van der Waals surface area contributed by atoms with Gasteiger partial charge in [-0.1, -0.05) is 36.4 Å². The molecule has 1 aromatic heterocycles. The molecular formula is C25H25FN2O. The highest BCUT2D eigenvalue weighted by Crippen LogP contribution is 2.27. The van der Waals surface area contributed by atoms with E-state index in [1.54, 1.807) is 12.1 Å². The summed E-state index contributed by atoms with van der Waals surface area (Å²) in [5.74, 6) is 1.38. The zero-order valence-electron chi connectivity index (χ0n) is 16.9. The predicted molar refractivity (Wildman–Crippen MR) is 116 cm³/mol. The van der Waals surface area contributed by atoms with E-state index >= 15 is 0 Å². The lowest BCUT2D eigenvalue weighted by atomic mass is 10.1. The van der Waals surface area contributed by atoms with Crippen LogP contribution in [-0.4, -0.2) is 16.2 Å². The number of aromatic nitrogens is 2. The molecule has 0 saturated heterocycles. The van der Waals surface area contributed by atoms with Crippen LogP contribution in [0.15, 0.2) is 66.7 Å². The minimum Gasteiger partial charge on any atom is -0.493 e. The van der Waals surface area contributed by atoms with Crippen LogP contribution >= 0.6 is 0 Å². The van der Waals surface area contributed by atoms with Crippen molar-refractivity contribution in [3.8, 4) is 17.1 Å². The van der Waals surface area contributed by atoms with Gasteiger partial charge in [0.1, 0.15) is 17.4 Å². The summed E-state index contributed by atoms with van der Waals surface area (Å²) in [5.41, 5.74) is 4.80. The summed E-state index contributed by atoms with van der Waals surface area (Å²) in [6.07, 6.45) is 1.84. The second-order valence-electron chi connectivity index (χ2n) is 7.38. The van der Waals surface area contributed by atoms with E-state index in [1.807, 2.05) is 30.3 Å². The van der Waals surface area contributed by atoms with Crippen LogP contribution in [0.2, 0.25) is 0 Å². The molecule has 3 nitrogen and oxygen atoms in total. The summed E-state index contributed by atoms with van der Waals surface area (Å²) in [7, 11) is 0. The zero-order valence-corrected chi connectivity index (χ0v) is 16.9. The van der Waals surface area contributed by atoms with Crippen LogP contribution in [0.3, 0.4) is 0 Å². The van der Waals surface area contributed by atoms with Crippen LogP contribution in [0, 0.1) is 19.7 Å². The first kappa shape index (κ1) is 19.2. The zero-order chi connectivity index (χ0) is 20.2. The second kappa shape index (κ2) is 8.48. The van der Waals surface area contributed by atoms with Gasteiger partial charge in [-0.2, -0.15) is 0 Å². The maximum Gasteiger partial charge on any atom is 0.144 e. The number of imidazole rings is 1. The number of para-hydroxylation sites is 2. The molecular weight excluding hydrogens is 363 g/mol. The smallest absolute Gasteiger partial charge is 0.144 e. The maximum absolute atomic E-state index is 14.4. The van der Waals surface area contributed by atoms with Gasteiger partial charge in [0.2, 0.25) is 0 Å². The molecule has 148 valence electrons. The van der Waals surface area contributed by atoms with Crippen molar-refractivity contribution in [2.24, 2.45) is 0 Å². The minimum atomic E-state index is -0.248. The molecule has 0 unspecified atom stereocenters. The highest BCUT2D eigenvalue weighted by molar-refractivity contribution is 5.80. The van der Waals surface area contributed by atoms with Crippen molar-refractivity contribution in [2.75, 3.05) is 6.61 Å². The van der Waals surface area contributed by atoms with E-state index in [2.05, 4.69) is 36.6 Å². The first-order chi connectivity index (χ1) is 14.1. The van der Waals surface area contributed by atoms with Crippen LogP contribution in [0.5, 0.6) is 5.75 Å². The van der Waals surface area contributed by atoms with Crippen molar-refractivity contribution in [1.82, 2.24) is 9.55 Å². The first-order valence-corrected chi connectivity index (χ1v) is 10.0. The number of hydrogen-bond acceptors (Lipinski definition) is 2. The van der Waals surface area contributed by atoms with Crippen molar-refractivity contribution in [1.29, 1.82) is 0 Å². The number of fused-ring (bicyclic) bond motifs is 1. The van der Waals surface area contributed by atoms with Gasteiger partial charge < -0.3 is 9.30 Å². The summed E-state index contributed by atoms with van der Waals surface area (Å²) >= 11 is 0. The molecule has 4 rings (SSSR count). The topological polar surface area (TPSA) is 27.1 Å². The van der Waals surface area contributed by atoms with E-state index < -0.39 is 0 Å². The van der Waals surface area contributed by atoms with E-state index in [4.69, 9.17) is 9.72 Å². The maximum atomic E-state index is 14.4. The van der Waals surface area contributed by atoms with Crippen molar-refractivity contribution in [3.05, 3.63) is 83.7 Å². The molecule has 0 aliphatic carbocycles. The van der Waals surface area contributed by atoms with E-state index in [1.165, 1.54) is 11.6 Å². The SMILES string of the molecule is Cc1ccc(C)c(OCCCCn2c(-c3ccccc3F)nc3ccccc32)c1. The standard InChI is InChI=1S/C25H25FN2O/c1-18-13-14-19(2)24(17-18)29-16-8-7-15-28-23-12-6-5-11-22(23)27-25(28)20-9-3-4-10-21(20)26/h3-6,9-14,17H,7-8,15-16H2,1-2H3. The number of benzene rings is 3. The van der Waals surface area contributed by atoms with Gasteiger partial charge in [0.15, 0.2) is 0 Å². The van der Waals surface area contributed by atoms with Crippen LogP contribution in [0.25, 0.3) is 22.4 Å². The van der Waals surface area contributed by atoms with Gasteiger partial charge in [0, 0.05) is 6.54 Å². The summed E-state index contributed by atoms with van der Waals surface area (Å²) in [5, 5.41) is 0. The molecule has 0 aliphatic rings. The fraction of sp³-hybridized carbons (Fsp3) is 0.240. The normalized spacial score (nSPS) is 11.1. The van der Waals surface area contributed by atoms with Crippen LogP contribution in [0.1, 0.15) is 24.0 Å². The van der Waals surface area contributed by atoms with Gasteiger partial charge in [-0.15, -0.1) is 0 Å². The largest absolute Gasteiger partial charge is 0.493 e. The number of rotatable bonds is 7. The minimum absolute atomic E-state index is 0.248. The number of aryl methyl sites for hydroxylation is 3. The van der Waals surface area contributed by atoms with Gasteiger partial charge in [0.05, 0.1) is 23.2 Å². The van der Waals surface area contributed by atoms with Crippen molar-refractivity contribution in [3.63, 3.8) is 0 Å². The summed E-state index contributed by atoms with van der Waals surface area (Å²) in [6.45, 7) is 5.56. The molecule has 29 heavy (non-hydrogen) atoms. The quantitative estimate of drug-likeness (QED) is 0.347. The van der Waals surface area contributed by atoms with E-state index in [-0.39, 0.29) is 5.82 Å². The summed E-state index contributed by atoms with van der Waals surface area (Å²) in [4.78, 5) is 4.70. The molecule has 4 aromatic rings. The van der Waals surface area contributed by atoms with Crippen LogP contribution < -0.4 is 4.74 Å². The number of ether oxygens (including phenoxy) is 1. The Hall–Kier alpha value is -3.14. The lowest BCUT2D eigenvalue weighted by Crippen LogP contribution is -2.05. The Balaban J connectivity index is 1.48. The Morgan fingerprint density at radius 2 is 1.72 bits per heavy atom. The fourth-order valence-corrected chi connectivity index (χ4v) is 3.57. The number of halogens is 1. The molecule has 0 N–H and O–H groups in total. The average molecular weight is 388 g/mol. The summed E-state index contributed by atoms with van der Waals surface area (Å²) in [6, 6.07) is 21.1. The Bertz CT molecular complexity index is 1130. The van der Waals surface area contributed by atoms with Gasteiger partial charge in [-0.05, 0) is 68.1 Å². The third-order valence-corrected chi connectivity index (χ3v) is 5.15. The predicted octanol–water partition coefficient (Wildman–Crippen LogP) is 6.32. The first-order valence-electron chi connectivity index (χ1n) is 10.0. The molecule has 0 amide bonds. The molecule has 0 spiro atoms. The van der Waals surface area contributed by atoms with E-state index in [0.717, 1.165) is 41.7 Å². The molecule has 0 bridgehead atoms. The molecule has 1 heterocycles. The fourth-order valence-electron chi connectivity index (χ4n) is 3.57. The second-order valence-corrected chi connectivity index (χ2v) is 7.38. The van der Waals surface area contributed by atoms with E-state index in [9.17, 15) is 4.39 Å². The Morgan fingerprint density at radius 3 is 2.59 bits per heavy atom. The van der Waals surface area contributed by atoms with Gasteiger partial charge >= 0.3 is 0 Å². The van der Waals surface area contributed by atoms with Gasteiger partial charge in [-0.3, -0.25) is 0 Å². The average Bonchev–Trinajstić information content (AvgIpc) is 3.09. The Labute approximate surface area is 170 Å². The number of nitrogens with zero attached hydrogens (tertiary/aromatic N) is 2. The highest BCUT2D eigenvalue weighted by atomic mass is 19.1. The number of unbranched alkanes of at least 4 members (excludes halogenated alkanes) is 1. The molecule has 3 aromatic carbocycles.